The molecule has 0 amide bonds. The van der Waals surface area contributed by atoms with Crippen LogP contribution in [0.1, 0.15) is 18.4 Å². The summed E-state index contributed by atoms with van der Waals surface area (Å²) in [7, 11) is 1.49. The van der Waals surface area contributed by atoms with Crippen LogP contribution in [0, 0.1) is 5.41 Å². The average Bonchev–Trinajstić information content (AvgIpc) is 2.67. The summed E-state index contributed by atoms with van der Waals surface area (Å²) in [5, 5.41) is 7.65. The number of fused-ring (bicyclic) bond motifs is 1. The molecule has 0 unspecified atom stereocenters. The molecule has 78 valence electrons. The van der Waals surface area contributed by atoms with Gasteiger partial charge < -0.3 is 9.14 Å². The minimum absolute atomic E-state index is 0.110. The second-order valence-corrected chi connectivity index (χ2v) is 3.22. The van der Waals surface area contributed by atoms with Crippen LogP contribution in [0.4, 0.5) is 0 Å². The molecule has 2 aromatic rings. The Morgan fingerprint density at radius 2 is 2.33 bits per heavy atom. The summed E-state index contributed by atoms with van der Waals surface area (Å²) in [6.07, 6.45) is 2.79. The first-order chi connectivity index (χ1) is 7.27. The zero-order chi connectivity index (χ0) is 10.8. The standard InChI is InChI=1S/C11H13N3O/c1-3-9-13-10(11(12)15-2)8-6-4-5-7-14(8)9/h4-7,12H,3H2,1-2H3. The zero-order valence-electron chi connectivity index (χ0n) is 8.82. The normalized spacial score (nSPS) is 10.5. The highest BCUT2D eigenvalue weighted by molar-refractivity contribution is 5.96. The van der Waals surface area contributed by atoms with E-state index in [4.69, 9.17) is 10.1 Å². The van der Waals surface area contributed by atoms with Gasteiger partial charge in [-0.3, -0.25) is 5.41 Å². The molecule has 15 heavy (non-hydrogen) atoms. The predicted molar refractivity (Wildman–Crippen MR) is 58.4 cm³/mol. The van der Waals surface area contributed by atoms with Crippen LogP contribution in [0.2, 0.25) is 0 Å². The molecule has 0 radical (unpaired) electrons. The van der Waals surface area contributed by atoms with Gasteiger partial charge in [-0.25, -0.2) is 4.98 Å². The van der Waals surface area contributed by atoms with Crippen molar-refractivity contribution >= 4 is 11.4 Å². The number of aromatic nitrogens is 2. The number of nitrogens with one attached hydrogen (secondary N) is 1. The number of ether oxygens (including phenoxy) is 1. The Bertz CT molecular complexity index is 502. The summed E-state index contributed by atoms with van der Waals surface area (Å²) >= 11 is 0. The summed E-state index contributed by atoms with van der Waals surface area (Å²) in [6.45, 7) is 2.04. The van der Waals surface area contributed by atoms with E-state index in [1.54, 1.807) is 0 Å². The minimum Gasteiger partial charge on any atom is -0.480 e. The maximum atomic E-state index is 7.65. The molecule has 0 bridgehead atoms. The Morgan fingerprint density at radius 1 is 1.53 bits per heavy atom. The van der Waals surface area contributed by atoms with Crippen molar-refractivity contribution in [3.8, 4) is 0 Å². The van der Waals surface area contributed by atoms with Crippen LogP contribution < -0.4 is 0 Å². The van der Waals surface area contributed by atoms with Crippen molar-refractivity contribution in [2.75, 3.05) is 7.11 Å². The minimum atomic E-state index is 0.110. The highest BCUT2D eigenvalue weighted by Crippen LogP contribution is 2.14. The monoisotopic (exact) mass is 203 g/mol. The fraction of sp³-hybridized carbons (Fsp3) is 0.273. The summed E-state index contributed by atoms with van der Waals surface area (Å²) in [4.78, 5) is 4.39. The quantitative estimate of drug-likeness (QED) is 0.598. The largest absolute Gasteiger partial charge is 0.480 e. The van der Waals surface area contributed by atoms with Crippen LogP contribution in [0.3, 0.4) is 0 Å². The van der Waals surface area contributed by atoms with E-state index < -0.39 is 0 Å². The molecule has 2 aromatic heterocycles. The van der Waals surface area contributed by atoms with Crippen molar-refractivity contribution in [1.82, 2.24) is 9.38 Å². The number of pyridine rings is 1. The summed E-state index contributed by atoms with van der Waals surface area (Å²) in [5.41, 5.74) is 1.52. The molecule has 4 nitrogen and oxygen atoms in total. The van der Waals surface area contributed by atoms with Crippen molar-refractivity contribution < 1.29 is 4.74 Å². The summed E-state index contributed by atoms with van der Waals surface area (Å²) < 4.78 is 6.90. The van der Waals surface area contributed by atoms with E-state index in [1.165, 1.54) is 7.11 Å². The molecule has 0 fully saturated rings. The number of aryl methyl sites for hydroxylation is 1. The lowest BCUT2D eigenvalue weighted by molar-refractivity contribution is 0.400. The number of rotatable bonds is 2. The molecule has 0 aliphatic carbocycles. The number of hydrogen-bond acceptors (Lipinski definition) is 3. The second-order valence-electron chi connectivity index (χ2n) is 3.22. The van der Waals surface area contributed by atoms with Gasteiger partial charge in [0, 0.05) is 12.6 Å². The molecule has 0 aliphatic heterocycles. The molecule has 2 rings (SSSR count). The fourth-order valence-electron chi connectivity index (χ4n) is 1.61. The molecule has 2 heterocycles. The van der Waals surface area contributed by atoms with Crippen LogP contribution in [0.5, 0.6) is 0 Å². The SMILES string of the molecule is CCc1nc(C(=N)OC)c2ccccn12. The van der Waals surface area contributed by atoms with Gasteiger partial charge in [-0.1, -0.05) is 13.0 Å². The van der Waals surface area contributed by atoms with E-state index in [2.05, 4.69) is 4.98 Å². The molecule has 0 aromatic carbocycles. The van der Waals surface area contributed by atoms with E-state index in [9.17, 15) is 0 Å². The van der Waals surface area contributed by atoms with E-state index in [-0.39, 0.29) is 5.90 Å². The fourth-order valence-corrected chi connectivity index (χ4v) is 1.61. The first-order valence-electron chi connectivity index (χ1n) is 4.86. The van der Waals surface area contributed by atoms with Crippen LogP contribution in [-0.4, -0.2) is 22.4 Å². The second kappa shape index (κ2) is 3.73. The lowest BCUT2D eigenvalue weighted by Crippen LogP contribution is -2.02. The lowest BCUT2D eigenvalue weighted by Gasteiger charge is -1.98. The summed E-state index contributed by atoms with van der Waals surface area (Å²) in [6, 6.07) is 5.83. The molecular weight excluding hydrogens is 190 g/mol. The van der Waals surface area contributed by atoms with Gasteiger partial charge in [0.25, 0.3) is 0 Å². The third-order valence-corrected chi connectivity index (χ3v) is 2.36. The lowest BCUT2D eigenvalue weighted by atomic mass is 10.3. The van der Waals surface area contributed by atoms with Crippen molar-refractivity contribution in [3.05, 3.63) is 35.9 Å². The summed E-state index contributed by atoms with van der Waals surface area (Å²) in [5.74, 6) is 1.06. The molecule has 0 saturated carbocycles. The van der Waals surface area contributed by atoms with Gasteiger partial charge in [0.05, 0.1) is 12.6 Å². The average molecular weight is 203 g/mol. The van der Waals surface area contributed by atoms with Crippen molar-refractivity contribution in [1.29, 1.82) is 5.41 Å². The number of methoxy groups -OCH3 is 1. The Hall–Kier alpha value is -1.84. The number of nitrogens with zero attached hydrogens (tertiary/aromatic N) is 2. The van der Waals surface area contributed by atoms with Crippen molar-refractivity contribution in [2.24, 2.45) is 0 Å². The Kier molecular flexibility index (Phi) is 2.41. The third-order valence-electron chi connectivity index (χ3n) is 2.36. The molecular formula is C11H13N3O. The molecule has 0 saturated heterocycles. The van der Waals surface area contributed by atoms with Gasteiger partial charge in [-0.2, -0.15) is 0 Å². The molecule has 0 atom stereocenters. The highest BCUT2D eigenvalue weighted by atomic mass is 16.5. The molecule has 0 aliphatic rings. The maximum absolute atomic E-state index is 7.65. The Balaban J connectivity index is 2.70. The van der Waals surface area contributed by atoms with Gasteiger partial charge in [0.1, 0.15) is 5.82 Å². The Labute approximate surface area is 88.0 Å². The van der Waals surface area contributed by atoms with E-state index >= 15 is 0 Å². The highest BCUT2D eigenvalue weighted by Gasteiger charge is 2.13. The molecule has 1 N–H and O–H groups in total. The van der Waals surface area contributed by atoms with Crippen molar-refractivity contribution in [3.63, 3.8) is 0 Å². The smallest absolute Gasteiger partial charge is 0.234 e. The molecule has 0 spiro atoms. The van der Waals surface area contributed by atoms with E-state index in [0.717, 1.165) is 17.8 Å². The Morgan fingerprint density at radius 3 is 3.00 bits per heavy atom. The van der Waals surface area contributed by atoms with Gasteiger partial charge in [-0.05, 0) is 12.1 Å². The first kappa shape index (κ1) is 9.71. The van der Waals surface area contributed by atoms with Crippen LogP contribution in [0.15, 0.2) is 24.4 Å². The zero-order valence-corrected chi connectivity index (χ0v) is 8.82. The van der Waals surface area contributed by atoms with Crippen molar-refractivity contribution in [2.45, 2.75) is 13.3 Å². The van der Waals surface area contributed by atoms with Gasteiger partial charge in [0.2, 0.25) is 5.90 Å². The topological polar surface area (TPSA) is 50.4 Å². The van der Waals surface area contributed by atoms with E-state index in [1.807, 2.05) is 35.7 Å². The van der Waals surface area contributed by atoms with Crippen LogP contribution >= 0.6 is 0 Å². The predicted octanol–water partition coefficient (Wildman–Crippen LogP) is 1.87. The van der Waals surface area contributed by atoms with Crippen LogP contribution in [-0.2, 0) is 11.2 Å². The van der Waals surface area contributed by atoms with E-state index in [0.29, 0.717) is 5.69 Å². The van der Waals surface area contributed by atoms with Gasteiger partial charge in [0.15, 0.2) is 5.69 Å². The third kappa shape index (κ3) is 1.48. The number of hydrogen-bond donors (Lipinski definition) is 1. The number of imidazole rings is 1. The maximum Gasteiger partial charge on any atom is 0.234 e. The first-order valence-corrected chi connectivity index (χ1v) is 4.86. The van der Waals surface area contributed by atoms with Crippen LogP contribution in [0.25, 0.3) is 5.52 Å². The van der Waals surface area contributed by atoms with Gasteiger partial charge >= 0.3 is 0 Å². The molecule has 4 heteroatoms. The van der Waals surface area contributed by atoms with Gasteiger partial charge in [-0.15, -0.1) is 0 Å².